The molecular weight excluding hydrogens is 494 g/mol. The van der Waals surface area contributed by atoms with E-state index in [-0.39, 0.29) is 28.2 Å². The number of aliphatic hydroxyl groups is 3. The van der Waals surface area contributed by atoms with E-state index < -0.39 is 125 Å². The zero-order valence-electron chi connectivity index (χ0n) is 35.1. The first kappa shape index (κ1) is 11.9. The summed E-state index contributed by atoms with van der Waals surface area (Å²) in [5.74, 6) is -7.01. The summed E-state index contributed by atoms with van der Waals surface area (Å²) in [6, 6.07) is -11.0. The Morgan fingerprint density at radius 3 is 2.94 bits per heavy atom. The maximum Gasteiger partial charge on any atom is 0.191 e. The van der Waals surface area contributed by atoms with Crippen LogP contribution in [0.2, 0.25) is 1.41 Å². The fourth-order valence-electron chi connectivity index (χ4n) is 3.02. The molecule has 0 bridgehead atoms. The Labute approximate surface area is 234 Å². The summed E-state index contributed by atoms with van der Waals surface area (Å²) in [4.78, 5) is 7.94. The summed E-state index contributed by atoms with van der Waals surface area (Å²) in [5, 5.41) is 38.0. The number of nitrogens with one attached hydrogen (secondary N) is 1. The molecule has 2 fully saturated rings. The van der Waals surface area contributed by atoms with Gasteiger partial charge in [-0.15, -0.1) is 5.10 Å². The quantitative estimate of drug-likeness (QED) is 0.224. The van der Waals surface area contributed by atoms with Gasteiger partial charge in [-0.25, -0.2) is 23.4 Å². The predicted octanol–water partition coefficient (Wildman–Crippen LogP) is 2.01. The number of hydrogen-bond donors (Lipinski definition) is 4. The van der Waals surface area contributed by atoms with Gasteiger partial charge in [-0.3, -0.25) is 0 Å². The Morgan fingerprint density at radius 1 is 1.33 bits per heavy atom. The molecule has 2 aromatic heterocycles. The maximum absolute atomic E-state index is 14.6. The first-order valence-electron chi connectivity index (χ1n) is 18.6. The Bertz CT molecular complexity index is 1990. The topological polar surface area (TPSA) is 138 Å². The number of anilines is 1. The number of aliphatic hydroxyl groups excluding tert-OH is 1. The van der Waals surface area contributed by atoms with Gasteiger partial charge >= 0.3 is 0 Å². The fourth-order valence-corrected chi connectivity index (χ4v) is 3.56. The van der Waals surface area contributed by atoms with Gasteiger partial charge in [0.05, 0.1) is 39.0 Å². The third-order valence-electron chi connectivity index (χ3n) is 4.66. The first-order valence-corrected chi connectivity index (χ1v) is 11.0. The molecule has 1 unspecified atom stereocenters. The molecule has 13 heteroatoms. The lowest BCUT2D eigenvalue weighted by molar-refractivity contribution is -0.0629. The van der Waals surface area contributed by atoms with Gasteiger partial charge in [0, 0.05) is 32.2 Å². The summed E-state index contributed by atoms with van der Waals surface area (Å²) in [6.07, 6.45) is -20.2. The van der Waals surface area contributed by atoms with Crippen molar-refractivity contribution in [3.8, 4) is 0 Å². The predicted molar refractivity (Wildman–Crippen MR) is 128 cm³/mol. The van der Waals surface area contributed by atoms with Crippen LogP contribution >= 0.6 is 11.8 Å². The molecule has 36 heavy (non-hydrogen) atoms. The molecule has 0 saturated heterocycles. The minimum Gasteiger partial charge on any atom is -0.394 e. The molecule has 6 atom stereocenters. The molecule has 5 rings (SSSR count). The highest BCUT2D eigenvalue weighted by atomic mass is 32.2. The molecule has 2 saturated carbocycles. The van der Waals surface area contributed by atoms with E-state index in [2.05, 4.69) is 25.0 Å². The number of nitrogens with zero attached hydrogens (tertiary/aromatic N) is 5. The van der Waals surface area contributed by atoms with Crippen molar-refractivity contribution in [1.29, 1.82) is 0 Å². The molecule has 0 aliphatic heterocycles. The number of ether oxygens (including phenoxy) is 1. The number of fused-ring (bicyclic) bond motifs is 1. The standard InChI is InChI=1S/C23H28F2N6O4S/c1-2-7-36-23-27-21(26-15-9-12(15)11-3-4-13(24)14(25)8-11)18-22(28-23)31(30-29-18)16-10-17(35-6-5-32)20(34)19(16)33/h3-4,8,12,15-17,19-20,32-34H,2,5-7,9-10H2,1H3,(H,26,27,28)/t12?,15-,16+,17-,19-,20+/m0/s1/i3D,4D,6D2,7D2,8D,9D2,10D2,15D,16D,17D,19D,20D/hD. The SMILES string of the molecule is [2H]c1c([2H])c(C2C([2H])([2H])[C@]2([2H])N([2H])c2nc(SC([2H])([2H])CC)nc3c2nnn3[C@]2([2H])C([2H])([2H])[C@]([2H])(OC([2H])([2H])CO)[C@@]([2H])(O)[C@@]2([2H])O)c([2H])c(F)c1F. The monoisotopic (exact) mass is 539 g/mol. The lowest BCUT2D eigenvalue weighted by atomic mass is 10.1. The van der Waals surface area contributed by atoms with E-state index in [1.807, 2.05) is 0 Å². The van der Waals surface area contributed by atoms with Crippen molar-refractivity contribution >= 4 is 28.7 Å². The van der Waals surface area contributed by atoms with Gasteiger partial charge in [0.25, 0.3) is 0 Å². The van der Waals surface area contributed by atoms with Crippen LogP contribution in [-0.4, -0.2) is 83.4 Å². The van der Waals surface area contributed by atoms with Crippen molar-refractivity contribution in [2.45, 2.75) is 67.4 Å². The van der Waals surface area contributed by atoms with Crippen LogP contribution in [0.5, 0.6) is 0 Å². The molecule has 2 aliphatic carbocycles. The van der Waals surface area contributed by atoms with Crippen molar-refractivity contribution in [3.63, 3.8) is 0 Å². The molecule has 10 nitrogen and oxygen atoms in total. The highest BCUT2D eigenvalue weighted by Crippen LogP contribution is 2.44. The van der Waals surface area contributed by atoms with Crippen LogP contribution in [0.4, 0.5) is 14.6 Å². The van der Waals surface area contributed by atoms with Crippen LogP contribution in [0.3, 0.4) is 0 Å². The zero-order chi connectivity index (χ0) is 40.7. The van der Waals surface area contributed by atoms with E-state index >= 15 is 0 Å². The number of thioether (sulfide) groups is 1. The minimum atomic E-state index is -4.31. The van der Waals surface area contributed by atoms with Gasteiger partial charge in [0.1, 0.15) is 12.2 Å². The second-order valence-electron chi connectivity index (χ2n) is 7.00. The van der Waals surface area contributed by atoms with Gasteiger partial charge in [-0.1, -0.05) is 29.9 Å². The molecule has 0 radical (unpaired) electrons. The van der Waals surface area contributed by atoms with Gasteiger partial charge < -0.3 is 25.4 Å². The Balaban J connectivity index is 1.79. The molecular formula is C23H28F2N6O4S. The van der Waals surface area contributed by atoms with E-state index in [4.69, 9.17) is 23.3 Å². The molecule has 0 spiro atoms. The molecule has 4 N–H and O–H groups in total. The fraction of sp³-hybridized carbons (Fsp3) is 0.565. The van der Waals surface area contributed by atoms with Crippen LogP contribution in [-0.2, 0) is 4.74 Å². The highest BCUT2D eigenvalue weighted by molar-refractivity contribution is 7.99. The van der Waals surface area contributed by atoms with E-state index in [1.165, 1.54) is 6.92 Å². The zero-order valence-corrected chi connectivity index (χ0v) is 18.9. The van der Waals surface area contributed by atoms with Crippen LogP contribution in [0, 0.1) is 11.6 Å². The summed E-state index contributed by atoms with van der Waals surface area (Å²) in [6.45, 7) is -3.65. The van der Waals surface area contributed by atoms with Gasteiger partial charge in [-0.2, -0.15) is 0 Å². The van der Waals surface area contributed by atoms with Crippen molar-refractivity contribution in [1.82, 2.24) is 25.0 Å². The third kappa shape index (κ3) is 4.90. The van der Waals surface area contributed by atoms with Gasteiger partial charge in [-0.05, 0) is 30.4 Å². The number of rotatable bonds is 10. The molecule has 3 aromatic rings. The molecule has 0 amide bonds. The Hall–Kier alpha value is -2.45. The van der Waals surface area contributed by atoms with Gasteiger partial charge in [0.2, 0.25) is 0 Å². The summed E-state index contributed by atoms with van der Waals surface area (Å²) in [7, 11) is 0. The van der Waals surface area contributed by atoms with Crippen molar-refractivity contribution < 1.29 is 52.2 Å². The first-order chi connectivity index (χ1) is 23.8. The van der Waals surface area contributed by atoms with Crippen LogP contribution in [0.1, 0.15) is 65.5 Å². The maximum atomic E-state index is 14.6. The highest BCUT2D eigenvalue weighted by Gasteiger charge is 2.45. The van der Waals surface area contributed by atoms with Crippen molar-refractivity contribution in [2.24, 2.45) is 0 Å². The average Bonchev–Trinajstić information content (AvgIpc) is 3.29. The largest absolute Gasteiger partial charge is 0.394 e. The number of halogens is 2. The smallest absolute Gasteiger partial charge is 0.191 e. The Morgan fingerprint density at radius 2 is 2.17 bits per heavy atom. The second-order valence-corrected chi connectivity index (χ2v) is 7.86. The van der Waals surface area contributed by atoms with Gasteiger partial charge in [0.15, 0.2) is 35.2 Å². The Kier molecular flexibility index (Phi) is 3.48. The molecule has 2 heterocycles. The second kappa shape index (κ2) is 10.5. The summed E-state index contributed by atoms with van der Waals surface area (Å²) >= 11 is 0.206. The van der Waals surface area contributed by atoms with Crippen molar-refractivity contribution in [3.05, 3.63) is 35.3 Å². The van der Waals surface area contributed by atoms with Crippen LogP contribution in [0.15, 0.2) is 23.3 Å². The minimum absolute atomic E-state index is 0.0582. The normalized spacial score (nSPS) is 48.3. The lowest BCUT2D eigenvalue weighted by Crippen LogP contribution is -2.33. The van der Waals surface area contributed by atoms with Crippen molar-refractivity contribution in [2.75, 3.05) is 24.2 Å². The average molecular weight is 540 g/mol. The third-order valence-corrected chi connectivity index (χ3v) is 5.46. The molecule has 1 aromatic carbocycles. The van der Waals surface area contributed by atoms with Crippen LogP contribution in [0.25, 0.3) is 11.2 Å². The summed E-state index contributed by atoms with van der Waals surface area (Å²) in [5.41, 5.74) is -5.18. The number of aromatic nitrogens is 5. The van der Waals surface area contributed by atoms with E-state index in [0.717, 1.165) is 0 Å². The number of hydrogen-bond acceptors (Lipinski definition) is 10. The molecule has 2 aliphatic rings. The van der Waals surface area contributed by atoms with Crippen LogP contribution < -0.4 is 5.31 Å². The summed E-state index contributed by atoms with van der Waals surface area (Å²) < 4.78 is 176. The van der Waals surface area contributed by atoms with E-state index in [1.54, 1.807) is 0 Å². The van der Waals surface area contributed by atoms with E-state index in [0.29, 0.717) is 0 Å². The molecule has 194 valence electrons. The number of benzene rings is 1. The van der Waals surface area contributed by atoms with E-state index in [9.17, 15) is 24.1 Å². The lowest BCUT2D eigenvalue weighted by Gasteiger charge is -2.17.